The molecule has 17 heavy (non-hydrogen) atoms. The van der Waals surface area contributed by atoms with Gasteiger partial charge in [0.05, 0.1) is 7.11 Å². The Morgan fingerprint density at radius 1 is 1.47 bits per heavy atom. The van der Waals surface area contributed by atoms with Gasteiger partial charge in [0.2, 0.25) is 5.91 Å². The number of halogens is 1. The Labute approximate surface area is 116 Å². The largest absolute Gasteiger partial charge is 0.497 e. The highest BCUT2D eigenvalue weighted by atomic mass is 127. The topological polar surface area (TPSA) is 38.3 Å². The Morgan fingerprint density at radius 3 is 3.00 bits per heavy atom. The van der Waals surface area contributed by atoms with Gasteiger partial charge < -0.3 is 10.1 Å². The fraction of sp³-hybridized carbons (Fsp3) is 0.462. The number of ether oxygens (including phenoxy) is 1. The van der Waals surface area contributed by atoms with E-state index < -0.39 is 0 Å². The SMILES string of the molecule is COc1cccc(CCC(=O)NCCCI)c1. The number of benzene rings is 1. The third-order valence-corrected chi connectivity index (χ3v) is 3.17. The maximum absolute atomic E-state index is 11.5. The maximum Gasteiger partial charge on any atom is 0.220 e. The molecule has 1 aromatic carbocycles. The molecule has 0 heterocycles. The molecule has 94 valence electrons. The van der Waals surface area contributed by atoms with Crippen molar-refractivity contribution >= 4 is 28.5 Å². The Morgan fingerprint density at radius 2 is 2.29 bits per heavy atom. The van der Waals surface area contributed by atoms with Crippen LogP contribution in [0.2, 0.25) is 0 Å². The van der Waals surface area contributed by atoms with Gasteiger partial charge in [-0.15, -0.1) is 0 Å². The van der Waals surface area contributed by atoms with Crippen LogP contribution < -0.4 is 10.1 Å². The van der Waals surface area contributed by atoms with Crippen LogP contribution in [0.1, 0.15) is 18.4 Å². The van der Waals surface area contributed by atoms with Crippen molar-refractivity contribution in [2.75, 3.05) is 18.1 Å². The Kier molecular flexibility index (Phi) is 7.00. The molecule has 0 aliphatic carbocycles. The van der Waals surface area contributed by atoms with E-state index in [1.54, 1.807) is 7.11 Å². The Bertz CT molecular complexity index is 355. The first kappa shape index (κ1) is 14.3. The fourth-order valence-electron chi connectivity index (χ4n) is 1.47. The van der Waals surface area contributed by atoms with Gasteiger partial charge in [-0.3, -0.25) is 4.79 Å². The van der Waals surface area contributed by atoms with Crippen LogP contribution in [0.25, 0.3) is 0 Å². The average Bonchev–Trinajstić information content (AvgIpc) is 2.37. The van der Waals surface area contributed by atoms with Gasteiger partial charge in [0.15, 0.2) is 0 Å². The molecule has 0 atom stereocenters. The highest BCUT2D eigenvalue weighted by Gasteiger charge is 2.02. The number of methoxy groups -OCH3 is 1. The minimum atomic E-state index is 0.123. The predicted molar refractivity (Wildman–Crippen MR) is 77.8 cm³/mol. The van der Waals surface area contributed by atoms with Gasteiger partial charge in [-0.2, -0.15) is 0 Å². The van der Waals surface area contributed by atoms with Crippen molar-refractivity contribution in [2.45, 2.75) is 19.3 Å². The number of hydrogen-bond donors (Lipinski definition) is 1. The molecule has 1 rings (SSSR count). The molecule has 0 aromatic heterocycles. The van der Waals surface area contributed by atoms with Crippen molar-refractivity contribution in [1.82, 2.24) is 5.32 Å². The van der Waals surface area contributed by atoms with Crippen molar-refractivity contribution in [1.29, 1.82) is 0 Å². The molecule has 0 radical (unpaired) electrons. The summed E-state index contributed by atoms with van der Waals surface area (Å²) in [5.41, 5.74) is 1.13. The molecular weight excluding hydrogens is 329 g/mol. The van der Waals surface area contributed by atoms with Gasteiger partial charge >= 0.3 is 0 Å². The van der Waals surface area contributed by atoms with E-state index >= 15 is 0 Å². The van der Waals surface area contributed by atoms with E-state index in [4.69, 9.17) is 4.74 Å². The first-order chi connectivity index (χ1) is 8.26. The van der Waals surface area contributed by atoms with Gasteiger partial charge in [-0.05, 0) is 30.5 Å². The number of carbonyl (C=O) groups excluding carboxylic acids is 1. The molecule has 0 spiro atoms. The van der Waals surface area contributed by atoms with Crippen molar-refractivity contribution < 1.29 is 9.53 Å². The molecule has 1 aromatic rings. The average molecular weight is 347 g/mol. The maximum atomic E-state index is 11.5. The van der Waals surface area contributed by atoms with Crippen LogP contribution in [-0.4, -0.2) is 24.0 Å². The van der Waals surface area contributed by atoms with Crippen LogP contribution in [0.3, 0.4) is 0 Å². The summed E-state index contributed by atoms with van der Waals surface area (Å²) < 4.78 is 6.22. The first-order valence-electron chi connectivity index (χ1n) is 5.72. The lowest BCUT2D eigenvalue weighted by atomic mass is 10.1. The predicted octanol–water partition coefficient (Wildman–Crippen LogP) is 2.57. The zero-order valence-corrected chi connectivity index (χ0v) is 12.2. The zero-order chi connectivity index (χ0) is 12.5. The number of aryl methyl sites for hydroxylation is 1. The minimum Gasteiger partial charge on any atom is -0.497 e. The van der Waals surface area contributed by atoms with E-state index in [2.05, 4.69) is 27.9 Å². The standard InChI is InChI=1S/C13H18INO2/c1-17-12-5-2-4-11(10-12)6-7-13(16)15-9-3-8-14/h2,4-5,10H,3,6-9H2,1H3,(H,15,16). The lowest BCUT2D eigenvalue weighted by Gasteiger charge is -2.05. The van der Waals surface area contributed by atoms with Crippen LogP contribution in [0, 0.1) is 0 Å². The molecule has 4 heteroatoms. The summed E-state index contributed by atoms with van der Waals surface area (Å²) >= 11 is 2.31. The number of carbonyl (C=O) groups is 1. The van der Waals surface area contributed by atoms with E-state index in [1.165, 1.54) is 0 Å². The molecule has 0 unspecified atom stereocenters. The molecule has 0 bridgehead atoms. The van der Waals surface area contributed by atoms with Gasteiger partial charge in [0, 0.05) is 17.4 Å². The normalized spacial score (nSPS) is 10.0. The molecule has 1 N–H and O–H groups in total. The molecule has 0 fully saturated rings. The molecule has 0 saturated carbocycles. The summed E-state index contributed by atoms with van der Waals surface area (Å²) in [6.45, 7) is 0.778. The second kappa shape index (κ2) is 8.33. The lowest BCUT2D eigenvalue weighted by molar-refractivity contribution is -0.121. The molecular formula is C13H18INO2. The van der Waals surface area contributed by atoms with E-state index in [1.807, 2.05) is 24.3 Å². The van der Waals surface area contributed by atoms with Crippen molar-refractivity contribution in [3.8, 4) is 5.75 Å². The van der Waals surface area contributed by atoms with E-state index in [0.717, 1.165) is 35.1 Å². The molecule has 3 nitrogen and oxygen atoms in total. The fourth-order valence-corrected chi connectivity index (χ4v) is 1.85. The summed E-state index contributed by atoms with van der Waals surface area (Å²) in [7, 11) is 1.65. The van der Waals surface area contributed by atoms with Gasteiger partial charge in [0.1, 0.15) is 5.75 Å². The Balaban J connectivity index is 2.31. The summed E-state index contributed by atoms with van der Waals surface area (Å²) in [5.74, 6) is 0.963. The number of alkyl halides is 1. The van der Waals surface area contributed by atoms with Crippen molar-refractivity contribution in [3.05, 3.63) is 29.8 Å². The van der Waals surface area contributed by atoms with Crippen LogP contribution in [0.4, 0.5) is 0 Å². The number of nitrogens with one attached hydrogen (secondary N) is 1. The van der Waals surface area contributed by atoms with E-state index in [-0.39, 0.29) is 5.91 Å². The van der Waals surface area contributed by atoms with Gasteiger partial charge in [-0.25, -0.2) is 0 Å². The van der Waals surface area contributed by atoms with Crippen molar-refractivity contribution in [3.63, 3.8) is 0 Å². The number of rotatable bonds is 7. The summed E-state index contributed by atoms with van der Waals surface area (Å²) in [6, 6.07) is 7.84. The smallest absolute Gasteiger partial charge is 0.220 e. The molecule has 0 aliphatic rings. The summed E-state index contributed by atoms with van der Waals surface area (Å²) in [6.07, 6.45) is 2.33. The van der Waals surface area contributed by atoms with Crippen LogP contribution in [0.5, 0.6) is 5.75 Å². The van der Waals surface area contributed by atoms with Crippen LogP contribution in [0.15, 0.2) is 24.3 Å². The summed E-state index contributed by atoms with van der Waals surface area (Å²) in [5, 5.41) is 2.91. The molecule has 1 amide bonds. The number of amides is 1. The first-order valence-corrected chi connectivity index (χ1v) is 7.24. The number of hydrogen-bond acceptors (Lipinski definition) is 2. The molecule has 0 aliphatic heterocycles. The minimum absolute atomic E-state index is 0.123. The Hall–Kier alpha value is -0.780. The van der Waals surface area contributed by atoms with Gasteiger partial charge in [-0.1, -0.05) is 34.7 Å². The second-order valence-corrected chi connectivity index (χ2v) is 4.82. The third kappa shape index (κ3) is 5.91. The second-order valence-electron chi connectivity index (χ2n) is 3.74. The third-order valence-electron chi connectivity index (χ3n) is 2.41. The molecule has 0 saturated heterocycles. The zero-order valence-electron chi connectivity index (χ0n) is 10.0. The van der Waals surface area contributed by atoms with Crippen LogP contribution in [-0.2, 0) is 11.2 Å². The summed E-state index contributed by atoms with van der Waals surface area (Å²) in [4.78, 5) is 11.5. The van der Waals surface area contributed by atoms with Crippen molar-refractivity contribution in [2.24, 2.45) is 0 Å². The highest BCUT2D eigenvalue weighted by molar-refractivity contribution is 14.1. The van der Waals surface area contributed by atoms with E-state index in [0.29, 0.717) is 6.42 Å². The van der Waals surface area contributed by atoms with Gasteiger partial charge in [0.25, 0.3) is 0 Å². The highest BCUT2D eigenvalue weighted by Crippen LogP contribution is 2.13. The monoisotopic (exact) mass is 347 g/mol. The quantitative estimate of drug-likeness (QED) is 0.468. The lowest BCUT2D eigenvalue weighted by Crippen LogP contribution is -2.24. The van der Waals surface area contributed by atoms with Crippen LogP contribution >= 0.6 is 22.6 Å². The van der Waals surface area contributed by atoms with E-state index in [9.17, 15) is 4.79 Å².